The van der Waals surface area contributed by atoms with Gasteiger partial charge in [0.2, 0.25) is 0 Å². The fourth-order valence-corrected chi connectivity index (χ4v) is 18.8. The van der Waals surface area contributed by atoms with Crippen LogP contribution < -0.4 is 14.2 Å². The van der Waals surface area contributed by atoms with Crippen LogP contribution in [0.2, 0.25) is 0 Å². The van der Waals surface area contributed by atoms with Crippen molar-refractivity contribution in [3.8, 4) is 17.2 Å². The molecule has 103 heavy (non-hydrogen) atoms. The van der Waals surface area contributed by atoms with Gasteiger partial charge in [0.25, 0.3) is 0 Å². The molecule has 3 aliphatic heterocycles. The molecule has 15 heteroatoms. The van der Waals surface area contributed by atoms with E-state index in [2.05, 4.69) is 47.9 Å². The third-order valence-corrected chi connectivity index (χ3v) is 25.1. The predicted molar refractivity (Wildman–Crippen MR) is 394 cm³/mol. The minimum absolute atomic E-state index is 0.00257. The summed E-state index contributed by atoms with van der Waals surface area (Å²) in [6.45, 7) is 15.5. The first-order valence-corrected chi connectivity index (χ1v) is 37.4. The van der Waals surface area contributed by atoms with Crippen molar-refractivity contribution in [2.75, 3.05) is 19.8 Å². The highest BCUT2D eigenvalue weighted by Crippen LogP contribution is 2.60. The molecule has 5 aromatic carbocycles. The Hall–Kier alpha value is -8.37. The van der Waals surface area contributed by atoms with Crippen molar-refractivity contribution in [2.45, 2.75) is 210 Å². The van der Waals surface area contributed by atoms with E-state index in [4.69, 9.17) is 14.2 Å². The topological polar surface area (TPSA) is 178 Å². The second-order valence-corrected chi connectivity index (χ2v) is 30.4. The third kappa shape index (κ3) is 15.4. The number of Topliss-reactive ketones (excluding diaryl/α,β-unsaturated/α-hetero) is 3. The molecular weight excluding hydrogens is 1300 g/mol. The van der Waals surface area contributed by atoms with E-state index in [0.29, 0.717) is 92.6 Å². The Balaban J connectivity index is 0.000000146. The third-order valence-electron chi connectivity index (χ3n) is 25.1. The maximum atomic E-state index is 13.1. The molecule has 6 aliphatic rings. The van der Waals surface area contributed by atoms with Gasteiger partial charge in [-0.15, -0.1) is 0 Å². The van der Waals surface area contributed by atoms with Gasteiger partial charge in [0.1, 0.15) is 17.2 Å². The molecule has 3 aromatic heterocycles. The van der Waals surface area contributed by atoms with Gasteiger partial charge < -0.3 is 29.5 Å². The van der Waals surface area contributed by atoms with E-state index in [1.165, 1.54) is 18.1 Å². The molecule has 3 fully saturated rings. The van der Waals surface area contributed by atoms with Crippen LogP contribution in [0.1, 0.15) is 223 Å². The average Bonchev–Trinajstić information content (AvgIpc) is 1.76. The van der Waals surface area contributed by atoms with Gasteiger partial charge in [0.15, 0.2) is 17.3 Å². The Morgan fingerprint density at radius 1 is 0.456 bits per heavy atom. The zero-order valence-electron chi connectivity index (χ0n) is 60.8. The zero-order valence-corrected chi connectivity index (χ0v) is 60.8. The van der Waals surface area contributed by atoms with Crippen molar-refractivity contribution < 1.29 is 57.1 Å². The van der Waals surface area contributed by atoms with E-state index >= 15 is 0 Å². The first kappa shape index (κ1) is 74.4. The molecule has 542 valence electrons. The lowest BCUT2D eigenvalue weighted by atomic mass is 9.55. The van der Waals surface area contributed by atoms with Crippen molar-refractivity contribution >= 4 is 17.3 Å². The Labute approximate surface area is 605 Å². The first-order chi connectivity index (χ1) is 49.4. The summed E-state index contributed by atoms with van der Waals surface area (Å²) in [7, 11) is 0. The molecule has 0 saturated heterocycles. The number of ether oxygens (including phenoxy) is 3. The second-order valence-electron chi connectivity index (χ2n) is 30.4. The van der Waals surface area contributed by atoms with E-state index in [9.17, 15) is 42.9 Å². The number of nitrogens with zero attached hydrogens (tertiary/aromatic N) is 3. The van der Waals surface area contributed by atoms with Gasteiger partial charge in [-0.2, -0.15) is 13.2 Å². The second kappa shape index (κ2) is 30.8. The van der Waals surface area contributed by atoms with E-state index in [0.717, 1.165) is 133 Å². The smallest absolute Gasteiger partial charge is 0.389 e. The van der Waals surface area contributed by atoms with Crippen molar-refractivity contribution in [3.63, 3.8) is 0 Å². The van der Waals surface area contributed by atoms with Crippen molar-refractivity contribution in [1.29, 1.82) is 0 Å². The first-order valence-electron chi connectivity index (χ1n) is 37.4. The summed E-state index contributed by atoms with van der Waals surface area (Å²) in [6.07, 6.45) is 12.0. The molecule has 12 nitrogen and oxygen atoms in total. The molecule has 0 amide bonds. The molecular formula is C88H100F3N3O9. The van der Waals surface area contributed by atoms with Gasteiger partial charge >= 0.3 is 6.18 Å². The summed E-state index contributed by atoms with van der Waals surface area (Å²) < 4.78 is 57.8. The van der Waals surface area contributed by atoms with Crippen LogP contribution in [0.5, 0.6) is 17.2 Å². The number of carbonyl (C=O) groups is 3. The number of hydrogen-bond acceptors (Lipinski definition) is 12. The van der Waals surface area contributed by atoms with Gasteiger partial charge in [0, 0.05) is 111 Å². The van der Waals surface area contributed by atoms with Crippen LogP contribution in [-0.4, -0.2) is 79.2 Å². The maximum absolute atomic E-state index is 13.1. The average molecular weight is 1400 g/mol. The molecule has 0 spiro atoms. The number of carbonyl (C=O) groups excluding carboxylic acids is 3. The number of rotatable bonds is 16. The largest absolute Gasteiger partial charge is 0.493 e. The number of hydrogen-bond donors (Lipinski definition) is 3. The summed E-state index contributed by atoms with van der Waals surface area (Å²) in [4.78, 5) is 52.1. The summed E-state index contributed by atoms with van der Waals surface area (Å²) in [5.41, 5.74) is 9.44. The van der Waals surface area contributed by atoms with Gasteiger partial charge in [0.05, 0.1) is 36.6 Å². The molecule has 0 radical (unpaired) electrons. The Kier molecular flexibility index (Phi) is 22.2. The number of aliphatic hydroxyl groups is 3. The van der Waals surface area contributed by atoms with Crippen LogP contribution in [0.4, 0.5) is 13.2 Å². The summed E-state index contributed by atoms with van der Waals surface area (Å²) >= 11 is 0. The lowest BCUT2D eigenvalue weighted by molar-refractivity contribution is -0.173. The van der Waals surface area contributed by atoms with Crippen molar-refractivity contribution in [1.82, 2.24) is 15.0 Å². The SMILES string of the molecule is CC[C@@]12CC[C@@](O)(c3ccccc3)C[C@@H]1CCOc1cc(C(=O)Cc3cccnc3C)ccc12.CC[C@@]12CC[C@](O)(C(C)CC(F)(F)F)C[C@@H]1CCOc1cc(C(=O)Cc3cccnc3C)ccc12.CC[C@@]12CC[C@](O)(c3ccccc3)C[C@@H]1CCOc1cc(C(=O)Cc3cccnc3C)ccc12. The van der Waals surface area contributed by atoms with Crippen LogP contribution in [-0.2, 0) is 46.7 Å². The minimum atomic E-state index is -4.30. The molecule has 1 unspecified atom stereocenters. The predicted octanol–water partition coefficient (Wildman–Crippen LogP) is 18.2. The number of pyridine rings is 3. The van der Waals surface area contributed by atoms with Crippen molar-refractivity contribution in [3.05, 3.63) is 249 Å². The van der Waals surface area contributed by atoms with Gasteiger partial charge in [-0.05, 0) is 205 Å². The standard InChI is InChI=1S/2C30H33NO3.C28H34F3NO3/c2*1-3-29-14-15-30(33,24-9-5-4-6-10-24)20-25(29)13-17-34-28-19-23(11-12-26(28)29)27(32)18-22-8-7-16-31-21(22)2;1-4-26-10-11-27(34,18(2)16-28(29,30)31)17-22(26)9-13-35-25-15-21(7-8-23(25)26)24(33)14-20-6-5-12-32-19(20)3/h2*4-12,16,19,25,33H,3,13-15,17-18,20H2,1-2H3;5-8,12,15,18,22,34H,4,9-11,13-14,16-17H2,1-3H3/t25-,29+,30+;25-,29+,30-;18?,22-,26+,27+/m000/s1. The number of benzene rings is 5. The Bertz CT molecular complexity index is 4150. The van der Waals surface area contributed by atoms with Gasteiger partial charge in [-0.3, -0.25) is 29.3 Å². The molecule has 3 N–H and O–H groups in total. The molecule has 8 aromatic rings. The van der Waals surface area contributed by atoms with E-state index < -0.39 is 35.3 Å². The van der Waals surface area contributed by atoms with E-state index in [1.54, 1.807) is 18.6 Å². The summed E-state index contributed by atoms with van der Waals surface area (Å²) in [5.74, 6) is 2.27. The molecule has 0 bridgehead atoms. The van der Waals surface area contributed by atoms with Crippen LogP contribution >= 0.6 is 0 Å². The van der Waals surface area contributed by atoms with Crippen LogP contribution in [0.25, 0.3) is 0 Å². The van der Waals surface area contributed by atoms with Crippen LogP contribution in [0.3, 0.4) is 0 Å². The quantitative estimate of drug-likeness (QED) is 0.0781. The zero-order chi connectivity index (χ0) is 73.0. The minimum Gasteiger partial charge on any atom is -0.493 e. The monoisotopic (exact) mass is 1400 g/mol. The molecule has 6 heterocycles. The number of ketones is 3. The summed E-state index contributed by atoms with van der Waals surface area (Å²) in [6, 6.07) is 49.3. The Morgan fingerprint density at radius 2 is 0.786 bits per heavy atom. The van der Waals surface area contributed by atoms with Crippen LogP contribution in [0, 0.1) is 44.4 Å². The van der Waals surface area contributed by atoms with E-state index in [1.807, 2.05) is 160 Å². The molecule has 3 saturated carbocycles. The number of alkyl halides is 3. The molecule has 10 atom stereocenters. The lowest BCUT2D eigenvalue weighted by Crippen LogP contribution is -2.51. The normalized spacial score (nSPS) is 26.4. The molecule has 14 rings (SSSR count). The highest BCUT2D eigenvalue weighted by atomic mass is 19.4. The van der Waals surface area contributed by atoms with E-state index in [-0.39, 0.29) is 45.9 Å². The Morgan fingerprint density at radius 3 is 1.11 bits per heavy atom. The van der Waals surface area contributed by atoms with Crippen molar-refractivity contribution in [2.24, 2.45) is 23.7 Å². The van der Waals surface area contributed by atoms with Gasteiger partial charge in [-0.25, -0.2) is 0 Å². The molecule has 3 aliphatic carbocycles. The van der Waals surface area contributed by atoms with Crippen LogP contribution in [0.15, 0.2) is 170 Å². The van der Waals surface area contributed by atoms with Gasteiger partial charge in [-0.1, -0.05) is 143 Å². The maximum Gasteiger partial charge on any atom is 0.389 e. The number of aromatic nitrogens is 3. The highest BCUT2D eigenvalue weighted by molar-refractivity contribution is 5.99. The fourth-order valence-electron chi connectivity index (χ4n) is 18.8. The number of halogens is 3. The fraction of sp³-hybridized carbons (Fsp3) is 0.455. The lowest BCUT2D eigenvalue weighted by Gasteiger charge is -2.51. The number of fused-ring (bicyclic) bond motifs is 9. The summed E-state index contributed by atoms with van der Waals surface area (Å²) in [5, 5.41) is 34.5. The number of aryl methyl sites for hydroxylation is 3. The highest BCUT2D eigenvalue weighted by Gasteiger charge is 2.55.